The Labute approximate surface area is 210 Å². The Morgan fingerprint density at radius 1 is 1.20 bits per heavy atom. The van der Waals surface area contributed by atoms with Crippen LogP contribution in [0.2, 0.25) is 5.02 Å². The van der Waals surface area contributed by atoms with E-state index in [9.17, 15) is 9.59 Å². The number of benzene rings is 2. The molecule has 0 unspecified atom stereocenters. The molecule has 9 heteroatoms. The maximum absolute atomic E-state index is 13.7. The predicted octanol–water partition coefficient (Wildman–Crippen LogP) is 3.64. The van der Waals surface area contributed by atoms with Gasteiger partial charge in [-0.25, -0.2) is 9.79 Å². The number of ether oxygens (including phenoxy) is 3. The van der Waals surface area contributed by atoms with Gasteiger partial charge >= 0.3 is 5.97 Å². The van der Waals surface area contributed by atoms with Crippen molar-refractivity contribution in [3.63, 3.8) is 0 Å². The lowest BCUT2D eigenvalue weighted by Crippen LogP contribution is -2.40. The molecule has 1 aliphatic rings. The summed E-state index contributed by atoms with van der Waals surface area (Å²) in [4.78, 5) is 31.8. The lowest BCUT2D eigenvalue weighted by atomic mass is 9.95. The minimum absolute atomic E-state index is 0.0352. The molecule has 3 aromatic rings. The first-order valence-electron chi connectivity index (χ1n) is 10.7. The summed E-state index contributed by atoms with van der Waals surface area (Å²) in [6, 6.07) is 11.7. The van der Waals surface area contributed by atoms with Crippen LogP contribution < -0.4 is 24.4 Å². The van der Waals surface area contributed by atoms with Gasteiger partial charge < -0.3 is 14.2 Å². The van der Waals surface area contributed by atoms with Gasteiger partial charge in [0.05, 0.1) is 36.1 Å². The minimum atomic E-state index is -0.773. The molecule has 0 spiro atoms. The summed E-state index contributed by atoms with van der Waals surface area (Å²) in [7, 11) is 3.07. The number of esters is 1. The van der Waals surface area contributed by atoms with Gasteiger partial charge in [-0.15, -0.1) is 0 Å². The molecule has 2 heterocycles. The number of methoxy groups -OCH3 is 2. The number of hydrogen-bond acceptors (Lipinski definition) is 7. The first-order valence-corrected chi connectivity index (χ1v) is 11.9. The lowest BCUT2D eigenvalue weighted by molar-refractivity contribution is -0.138. The topological polar surface area (TPSA) is 79.1 Å². The molecule has 0 saturated carbocycles. The molecule has 0 N–H and O–H groups in total. The van der Waals surface area contributed by atoms with E-state index in [0.29, 0.717) is 37.1 Å². The van der Waals surface area contributed by atoms with E-state index in [4.69, 9.17) is 25.8 Å². The highest BCUT2D eigenvalue weighted by molar-refractivity contribution is 7.07. The lowest BCUT2D eigenvalue weighted by Gasteiger charge is -2.25. The van der Waals surface area contributed by atoms with E-state index in [1.54, 1.807) is 50.4 Å². The normalized spacial score (nSPS) is 15.3. The molecule has 0 aliphatic carbocycles. The van der Waals surface area contributed by atoms with Crippen molar-refractivity contribution < 1.29 is 19.0 Å². The van der Waals surface area contributed by atoms with Gasteiger partial charge in [0.1, 0.15) is 6.61 Å². The summed E-state index contributed by atoms with van der Waals surface area (Å²) in [5.74, 6) is 0.427. The van der Waals surface area contributed by atoms with E-state index in [0.717, 1.165) is 5.56 Å². The second-order valence-corrected chi connectivity index (χ2v) is 9.08. The SMILES string of the molecule is C=CCOC(=O)C1=C(C)N=c2s/c(=C\c3cccc(Cl)c3)c(=O)n2[C@@H]1c1ccc(OC)c(OC)c1. The van der Waals surface area contributed by atoms with Crippen LogP contribution >= 0.6 is 22.9 Å². The molecule has 0 bridgehead atoms. The van der Waals surface area contributed by atoms with Crippen molar-refractivity contribution in [2.45, 2.75) is 13.0 Å². The van der Waals surface area contributed by atoms with Crippen LogP contribution in [0, 0.1) is 0 Å². The molecule has 0 amide bonds. The van der Waals surface area contributed by atoms with Crippen LogP contribution in [0.5, 0.6) is 11.5 Å². The smallest absolute Gasteiger partial charge is 0.338 e. The second kappa shape index (κ2) is 10.3. The van der Waals surface area contributed by atoms with E-state index >= 15 is 0 Å². The zero-order valence-corrected chi connectivity index (χ0v) is 21.0. The minimum Gasteiger partial charge on any atom is -0.493 e. The molecule has 1 aromatic heterocycles. The highest BCUT2D eigenvalue weighted by atomic mass is 35.5. The zero-order chi connectivity index (χ0) is 25.1. The molecule has 1 atom stereocenters. The van der Waals surface area contributed by atoms with Crippen LogP contribution in [0.25, 0.3) is 6.08 Å². The first-order chi connectivity index (χ1) is 16.9. The highest BCUT2D eigenvalue weighted by Gasteiger charge is 2.34. The first kappa shape index (κ1) is 24.5. The number of nitrogens with zero attached hydrogens (tertiary/aromatic N) is 2. The molecular formula is C26H23ClN2O5S. The van der Waals surface area contributed by atoms with Gasteiger partial charge in [0.25, 0.3) is 5.56 Å². The van der Waals surface area contributed by atoms with Crippen molar-refractivity contribution in [2.75, 3.05) is 20.8 Å². The van der Waals surface area contributed by atoms with Gasteiger partial charge in [-0.3, -0.25) is 9.36 Å². The number of fused-ring (bicyclic) bond motifs is 1. The number of hydrogen-bond donors (Lipinski definition) is 0. The third-order valence-corrected chi connectivity index (χ3v) is 6.66. The standard InChI is InChI=1S/C26H23ClN2O5S/c1-5-11-34-25(31)22-15(2)28-26-29(23(22)17-9-10-19(32-3)20(14-17)33-4)24(30)21(35-26)13-16-7-6-8-18(27)12-16/h5-10,12-14,23H,1,11H2,2-4H3/b21-13-/t23-/m1/s1. The van der Waals surface area contributed by atoms with Crippen LogP contribution in [-0.4, -0.2) is 31.4 Å². The Hall–Kier alpha value is -3.62. The highest BCUT2D eigenvalue weighted by Crippen LogP contribution is 2.36. The number of thiazole rings is 1. The molecule has 0 radical (unpaired) electrons. The summed E-state index contributed by atoms with van der Waals surface area (Å²) >= 11 is 7.36. The number of aromatic nitrogens is 1. The van der Waals surface area contributed by atoms with E-state index in [1.807, 2.05) is 12.1 Å². The van der Waals surface area contributed by atoms with Crippen LogP contribution in [0.3, 0.4) is 0 Å². The maximum atomic E-state index is 13.7. The molecule has 180 valence electrons. The maximum Gasteiger partial charge on any atom is 0.338 e. The Balaban J connectivity index is 1.96. The number of carbonyl (C=O) groups excluding carboxylic acids is 1. The fourth-order valence-electron chi connectivity index (χ4n) is 3.88. The van der Waals surface area contributed by atoms with Gasteiger partial charge in [-0.1, -0.05) is 53.8 Å². The third kappa shape index (κ3) is 4.80. The summed E-state index contributed by atoms with van der Waals surface area (Å²) in [5.41, 5.74) is 1.88. The Morgan fingerprint density at radius 2 is 1.97 bits per heavy atom. The molecule has 2 aromatic carbocycles. The summed E-state index contributed by atoms with van der Waals surface area (Å²) in [6.07, 6.45) is 3.25. The Bertz CT molecular complexity index is 1520. The van der Waals surface area contributed by atoms with E-state index in [2.05, 4.69) is 11.6 Å². The van der Waals surface area contributed by atoms with Crippen molar-refractivity contribution in [3.05, 3.63) is 102 Å². The van der Waals surface area contributed by atoms with Gasteiger partial charge in [-0.05, 0) is 48.4 Å². The average Bonchev–Trinajstić information content (AvgIpc) is 3.15. The number of allylic oxidation sites excluding steroid dienone is 1. The van der Waals surface area contributed by atoms with E-state index < -0.39 is 12.0 Å². The summed E-state index contributed by atoms with van der Waals surface area (Å²) in [5, 5.41) is 0.567. The van der Waals surface area contributed by atoms with Crippen molar-refractivity contribution >= 4 is 35.0 Å². The zero-order valence-electron chi connectivity index (χ0n) is 19.4. The Morgan fingerprint density at radius 3 is 2.66 bits per heavy atom. The van der Waals surface area contributed by atoms with Crippen LogP contribution in [-0.2, 0) is 9.53 Å². The third-order valence-electron chi connectivity index (χ3n) is 5.44. The van der Waals surface area contributed by atoms with Crippen LogP contribution in [0.15, 0.2) is 76.2 Å². The van der Waals surface area contributed by atoms with Crippen molar-refractivity contribution in [1.29, 1.82) is 0 Å². The molecule has 0 saturated heterocycles. The van der Waals surface area contributed by atoms with Gasteiger partial charge in [-0.2, -0.15) is 0 Å². The largest absolute Gasteiger partial charge is 0.493 e. The predicted molar refractivity (Wildman–Crippen MR) is 136 cm³/mol. The number of halogens is 1. The summed E-state index contributed by atoms with van der Waals surface area (Å²) in [6.45, 7) is 5.36. The fourth-order valence-corrected chi connectivity index (χ4v) is 5.13. The molecule has 7 nitrogen and oxygen atoms in total. The average molecular weight is 511 g/mol. The van der Waals surface area contributed by atoms with Gasteiger partial charge in [0, 0.05) is 5.02 Å². The van der Waals surface area contributed by atoms with E-state index in [-0.39, 0.29) is 17.7 Å². The monoisotopic (exact) mass is 510 g/mol. The molecule has 0 fully saturated rings. The van der Waals surface area contributed by atoms with E-state index in [1.165, 1.54) is 29.1 Å². The number of rotatable bonds is 7. The van der Waals surface area contributed by atoms with Gasteiger partial charge in [0.2, 0.25) is 0 Å². The Kier molecular flexibility index (Phi) is 7.23. The van der Waals surface area contributed by atoms with Crippen molar-refractivity contribution in [3.8, 4) is 11.5 Å². The van der Waals surface area contributed by atoms with Crippen molar-refractivity contribution in [1.82, 2.24) is 4.57 Å². The molecule has 35 heavy (non-hydrogen) atoms. The second-order valence-electron chi connectivity index (χ2n) is 7.64. The summed E-state index contributed by atoms with van der Waals surface area (Å²) < 4.78 is 18.2. The van der Waals surface area contributed by atoms with Crippen LogP contribution in [0.4, 0.5) is 0 Å². The number of carbonyl (C=O) groups is 1. The molecular weight excluding hydrogens is 488 g/mol. The van der Waals surface area contributed by atoms with Gasteiger partial charge in [0.15, 0.2) is 16.3 Å². The van der Waals surface area contributed by atoms with Crippen molar-refractivity contribution in [2.24, 2.45) is 4.99 Å². The molecule has 1 aliphatic heterocycles. The van der Waals surface area contributed by atoms with Crippen LogP contribution in [0.1, 0.15) is 24.1 Å². The fraction of sp³-hybridized carbons (Fsp3) is 0.192. The molecule has 4 rings (SSSR count). The quantitative estimate of drug-likeness (QED) is 0.358.